The van der Waals surface area contributed by atoms with Crippen LogP contribution in [0.15, 0.2) is 54.9 Å². The number of halogens is 3. The third kappa shape index (κ3) is 8.91. The SMILES string of the molecule is Cc1nsc(-c2ccc3c(-c4nc(N[C@H]5CC[C@H](C)N(C(=O)OCc6ccccc6)C5)ncc4C(F)(F)F)cn(COCC[Si](C)(C)C)c3n2)n1. The number of amides is 1. The Morgan fingerprint density at radius 1 is 1.08 bits per heavy atom. The summed E-state index contributed by atoms with van der Waals surface area (Å²) in [5.74, 6) is 0.634. The number of nitrogens with one attached hydrogen (secondary N) is 1. The highest BCUT2D eigenvalue weighted by Crippen LogP contribution is 2.40. The van der Waals surface area contributed by atoms with Crippen LogP contribution in [-0.2, 0) is 29.0 Å². The van der Waals surface area contributed by atoms with E-state index in [1.165, 1.54) is 11.5 Å². The summed E-state index contributed by atoms with van der Waals surface area (Å²) in [7, 11) is -1.38. The molecule has 0 saturated carbocycles. The molecule has 0 radical (unpaired) electrons. The second-order valence-corrected chi connectivity index (χ2v) is 20.4. The van der Waals surface area contributed by atoms with E-state index < -0.39 is 25.9 Å². The molecule has 6 rings (SSSR count). The van der Waals surface area contributed by atoms with Crippen molar-refractivity contribution in [3.05, 3.63) is 71.8 Å². The Bertz CT molecular complexity index is 1980. The number of aryl methyl sites for hydroxylation is 1. The summed E-state index contributed by atoms with van der Waals surface area (Å²) >= 11 is 1.20. The smallest absolute Gasteiger partial charge is 0.419 e. The Labute approximate surface area is 299 Å². The zero-order valence-corrected chi connectivity index (χ0v) is 31.0. The van der Waals surface area contributed by atoms with Crippen LogP contribution < -0.4 is 5.32 Å². The highest BCUT2D eigenvalue weighted by Gasteiger charge is 2.37. The summed E-state index contributed by atoms with van der Waals surface area (Å²) in [5, 5.41) is 4.28. The largest absolute Gasteiger partial charge is 0.445 e. The van der Waals surface area contributed by atoms with Gasteiger partial charge in [0, 0.05) is 56.7 Å². The molecule has 16 heteroatoms. The molecule has 1 amide bonds. The van der Waals surface area contributed by atoms with Crippen molar-refractivity contribution in [1.29, 1.82) is 0 Å². The first kappa shape index (κ1) is 36.4. The molecule has 1 fully saturated rings. The number of pyridine rings is 1. The molecule has 1 aliphatic rings. The van der Waals surface area contributed by atoms with Gasteiger partial charge in [-0.15, -0.1) is 0 Å². The molecular weight excluding hydrogens is 698 g/mol. The van der Waals surface area contributed by atoms with Crippen molar-refractivity contribution in [2.45, 2.75) is 84.0 Å². The Hall–Kier alpha value is -4.41. The van der Waals surface area contributed by atoms with Crippen molar-refractivity contribution in [2.24, 2.45) is 0 Å². The summed E-state index contributed by atoms with van der Waals surface area (Å²) in [4.78, 5) is 32.5. The highest BCUT2D eigenvalue weighted by molar-refractivity contribution is 7.09. The van der Waals surface area contributed by atoms with Gasteiger partial charge in [-0.25, -0.2) is 24.7 Å². The summed E-state index contributed by atoms with van der Waals surface area (Å²) in [6.45, 7) is 11.5. The highest BCUT2D eigenvalue weighted by atomic mass is 32.1. The normalized spacial score (nSPS) is 16.8. The van der Waals surface area contributed by atoms with E-state index in [4.69, 9.17) is 14.5 Å². The van der Waals surface area contributed by atoms with Crippen molar-refractivity contribution in [2.75, 3.05) is 18.5 Å². The predicted octanol–water partition coefficient (Wildman–Crippen LogP) is 8.25. The van der Waals surface area contributed by atoms with Crippen molar-refractivity contribution < 1.29 is 27.4 Å². The van der Waals surface area contributed by atoms with Gasteiger partial charge in [0.15, 0.2) is 5.01 Å². The number of benzene rings is 1. The third-order valence-corrected chi connectivity index (χ3v) is 11.2. The molecule has 5 aromatic rings. The Morgan fingerprint density at radius 2 is 1.86 bits per heavy atom. The van der Waals surface area contributed by atoms with Crippen LogP contribution in [0.3, 0.4) is 0 Å². The van der Waals surface area contributed by atoms with Crippen LogP contribution in [0.4, 0.5) is 23.9 Å². The summed E-state index contributed by atoms with van der Waals surface area (Å²) < 4.78 is 61.2. The number of piperidine rings is 1. The number of carbonyl (C=O) groups excluding carboxylic acids is 1. The van der Waals surface area contributed by atoms with Crippen LogP contribution in [0.25, 0.3) is 33.0 Å². The molecule has 0 spiro atoms. The Kier molecular flexibility index (Phi) is 10.7. The fourth-order valence-electron chi connectivity index (χ4n) is 5.84. The van der Waals surface area contributed by atoms with Crippen LogP contribution in [-0.4, -0.2) is 73.2 Å². The molecule has 0 unspecified atom stereocenters. The van der Waals surface area contributed by atoms with E-state index in [-0.39, 0.29) is 49.2 Å². The number of alkyl halides is 3. The molecule has 2 atom stereocenters. The summed E-state index contributed by atoms with van der Waals surface area (Å²) in [5.41, 5.74) is 0.857. The van der Waals surface area contributed by atoms with Gasteiger partial charge in [-0.05, 0) is 62.0 Å². The molecule has 0 aliphatic carbocycles. The molecule has 4 aromatic heterocycles. The maximum Gasteiger partial charge on any atom is 0.419 e. The number of rotatable bonds is 11. The second kappa shape index (κ2) is 15.1. The van der Waals surface area contributed by atoms with E-state index in [2.05, 4.69) is 44.3 Å². The van der Waals surface area contributed by atoms with Gasteiger partial charge in [0.05, 0.1) is 5.69 Å². The standard InChI is InChI=1S/C35H41F3N8O3SSi/c1-22-11-12-25(18-46(22)34(47)49-20-24-9-7-6-8-10-24)41-33-39-17-28(35(36,37)38)30(43-33)27-19-45(21-48-15-16-51(3,4)5)31-26(27)13-14-29(42-31)32-40-23(2)44-50-32/h6-10,13-14,17,19,22,25H,11-12,15-16,18,20-21H2,1-5H3,(H,39,41,43)/t22-,25-/m0/s1. The lowest BCUT2D eigenvalue weighted by atomic mass is 10.00. The Morgan fingerprint density at radius 3 is 2.57 bits per heavy atom. The molecule has 1 aliphatic heterocycles. The topological polar surface area (TPSA) is 120 Å². The molecule has 51 heavy (non-hydrogen) atoms. The maximum atomic E-state index is 14.5. The van der Waals surface area contributed by atoms with Gasteiger partial charge in [0.1, 0.15) is 36.1 Å². The average molecular weight is 739 g/mol. The number of fused-ring (bicyclic) bond motifs is 1. The third-order valence-electron chi connectivity index (χ3n) is 8.70. The fraction of sp³-hybridized carbons (Fsp3) is 0.429. The Balaban J connectivity index is 1.30. The lowest BCUT2D eigenvalue weighted by Gasteiger charge is -2.37. The first-order valence-electron chi connectivity index (χ1n) is 16.8. The minimum atomic E-state index is -4.73. The van der Waals surface area contributed by atoms with E-state index in [0.29, 0.717) is 47.0 Å². The van der Waals surface area contributed by atoms with E-state index in [0.717, 1.165) is 17.8 Å². The first-order valence-corrected chi connectivity index (χ1v) is 21.3. The number of anilines is 1. The molecule has 5 heterocycles. The van der Waals surface area contributed by atoms with Gasteiger partial charge < -0.3 is 24.3 Å². The minimum Gasteiger partial charge on any atom is -0.445 e. The van der Waals surface area contributed by atoms with Crippen molar-refractivity contribution in [1.82, 2.24) is 33.8 Å². The molecule has 1 N–H and O–H groups in total. The first-order chi connectivity index (χ1) is 24.2. The number of nitrogens with zero attached hydrogens (tertiary/aromatic N) is 7. The van der Waals surface area contributed by atoms with Crippen LogP contribution in [0.5, 0.6) is 0 Å². The lowest BCUT2D eigenvalue weighted by molar-refractivity contribution is -0.137. The molecule has 11 nitrogen and oxygen atoms in total. The molecule has 0 bridgehead atoms. The number of hydrogen-bond acceptors (Lipinski definition) is 10. The number of carbonyl (C=O) groups is 1. The van der Waals surface area contributed by atoms with Crippen molar-refractivity contribution in [3.63, 3.8) is 0 Å². The monoisotopic (exact) mass is 738 g/mol. The van der Waals surface area contributed by atoms with Gasteiger partial charge in [0.25, 0.3) is 0 Å². The molecule has 270 valence electrons. The van der Waals surface area contributed by atoms with Gasteiger partial charge in [-0.3, -0.25) is 0 Å². The molecule has 1 saturated heterocycles. The van der Waals surface area contributed by atoms with E-state index in [1.807, 2.05) is 37.3 Å². The van der Waals surface area contributed by atoms with Crippen LogP contribution in [0.1, 0.15) is 36.7 Å². The quantitative estimate of drug-likeness (QED) is 0.106. The van der Waals surface area contributed by atoms with Crippen LogP contribution in [0.2, 0.25) is 25.7 Å². The number of hydrogen-bond donors (Lipinski definition) is 1. The van der Waals surface area contributed by atoms with Gasteiger partial charge in [0.2, 0.25) is 5.95 Å². The zero-order valence-electron chi connectivity index (χ0n) is 29.2. The van der Waals surface area contributed by atoms with Gasteiger partial charge in [-0.2, -0.15) is 17.5 Å². The molecular formula is C35H41F3N8O3SSi. The van der Waals surface area contributed by atoms with E-state index in [9.17, 15) is 18.0 Å². The zero-order chi connectivity index (χ0) is 36.3. The van der Waals surface area contributed by atoms with Crippen molar-refractivity contribution >= 4 is 42.7 Å². The predicted molar refractivity (Wildman–Crippen MR) is 193 cm³/mol. The van der Waals surface area contributed by atoms with Crippen LogP contribution in [0, 0.1) is 6.92 Å². The lowest BCUT2D eigenvalue weighted by Crippen LogP contribution is -2.50. The molecule has 1 aromatic carbocycles. The van der Waals surface area contributed by atoms with Gasteiger partial charge >= 0.3 is 12.3 Å². The van der Waals surface area contributed by atoms with Crippen LogP contribution >= 0.6 is 11.5 Å². The average Bonchev–Trinajstić information content (AvgIpc) is 3.69. The maximum absolute atomic E-state index is 14.5. The van der Waals surface area contributed by atoms with E-state index >= 15 is 0 Å². The number of ether oxygens (including phenoxy) is 2. The van der Waals surface area contributed by atoms with Crippen molar-refractivity contribution in [3.8, 4) is 22.0 Å². The summed E-state index contributed by atoms with van der Waals surface area (Å²) in [6.07, 6.45) is -1.44. The summed E-state index contributed by atoms with van der Waals surface area (Å²) in [6, 6.07) is 13.4. The number of likely N-dealkylation sites (tertiary alicyclic amines) is 1. The minimum absolute atomic E-state index is 0.0244. The fourth-order valence-corrected chi connectivity index (χ4v) is 7.24. The van der Waals surface area contributed by atoms with E-state index in [1.54, 1.807) is 34.7 Å². The second-order valence-electron chi connectivity index (χ2n) is 14.0. The van der Waals surface area contributed by atoms with Gasteiger partial charge in [-0.1, -0.05) is 50.0 Å². The number of aromatic nitrogens is 6.